The molecule has 1 aliphatic heterocycles. The van der Waals surface area contributed by atoms with Crippen LogP contribution in [0.3, 0.4) is 0 Å². The number of aliphatic hydroxyl groups is 1. The van der Waals surface area contributed by atoms with Crippen molar-refractivity contribution in [2.75, 3.05) is 4.90 Å². The van der Waals surface area contributed by atoms with Crippen LogP contribution in [0.2, 0.25) is 0 Å². The predicted molar refractivity (Wildman–Crippen MR) is 146 cm³/mol. The van der Waals surface area contributed by atoms with Gasteiger partial charge in [0.05, 0.1) is 23.4 Å². The lowest BCUT2D eigenvalue weighted by Gasteiger charge is -2.48. The molecule has 0 bridgehead atoms. The minimum atomic E-state index is -4.57. The van der Waals surface area contributed by atoms with Crippen molar-refractivity contribution >= 4 is 24.5 Å². The van der Waals surface area contributed by atoms with Gasteiger partial charge in [-0.05, 0) is 48.2 Å². The Kier molecular flexibility index (Phi) is 7.19. The molecule has 4 aromatic rings. The number of carbonyl (C=O) groups is 1. The third-order valence-corrected chi connectivity index (χ3v) is 8.07. The van der Waals surface area contributed by atoms with E-state index in [-0.39, 0.29) is 28.6 Å². The molecular weight excluding hydrogens is 501 g/mol. The molecule has 1 saturated heterocycles. The summed E-state index contributed by atoms with van der Waals surface area (Å²) in [5, 5.41) is 21.5. The van der Waals surface area contributed by atoms with Crippen molar-refractivity contribution in [1.29, 1.82) is 0 Å². The second-order valence-corrected chi connectivity index (χ2v) is 11.0. The molecule has 8 heteroatoms. The van der Waals surface area contributed by atoms with Crippen molar-refractivity contribution in [3.05, 3.63) is 114 Å². The molecule has 0 saturated carbocycles. The average Bonchev–Trinajstić information content (AvgIpc) is 2.92. The van der Waals surface area contributed by atoms with E-state index in [9.17, 15) is 29.4 Å². The van der Waals surface area contributed by atoms with Crippen molar-refractivity contribution in [3.8, 4) is 16.9 Å². The van der Waals surface area contributed by atoms with E-state index in [2.05, 4.69) is 0 Å². The van der Waals surface area contributed by atoms with Gasteiger partial charge in [-0.3, -0.25) is 9.36 Å². The largest absolute Gasteiger partial charge is 0.507 e. The van der Waals surface area contributed by atoms with Crippen molar-refractivity contribution in [2.45, 2.75) is 25.0 Å². The number of nitrogens with zero attached hydrogens (tertiary/aromatic N) is 1. The van der Waals surface area contributed by atoms with E-state index >= 15 is 0 Å². The molecule has 1 aliphatic rings. The smallest absolute Gasteiger partial charge is 0.356 e. The highest BCUT2D eigenvalue weighted by molar-refractivity contribution is 7.60. The molecule has 0 aromatic heterocycles. The monoisotopic (exact) mass is 529 g/mol. The van der Waals surface area contributed by atoms with Gasteiger partial charge in [0.2, 0.25) is 5.91 Å². The summed E-state index contributed by atoms with van der Waals surface area (Å²) in [6.07, 6.45) is 0.154. The third kappa shape index (κ3) is 5.02. The number of carbonyl (C=O) groups excluding carboxylic acids is 1. The van der Waals surface area contributed by atoms with Crippen molar-refractivity contribution < 1.29 is 29.4 Å². The van der Waals surface area contributed by atoms with Gasteiger partial charge >= 0.3 is 7.60 Å². The van der Waals surface area contributed by atoms with Gasteiger partial charge < -0.3 is 24.9 Å². The Bertz CT molecular complexity index is 1490. The van der Waals surface area contributed by atoms with Crippen LogP contribution in [0.5, 0.6) is 5.75 Å². The third-order valence-electron chi connectivity index (χ3n) is 7.06. The molecule has 1 heterocycles. The zero-order valence-electron chi connectivity index (χ0n) is 20.5. The first-order valence-electron chi connectivity index (χ1n) is 12.4. The van der Waals surface area contributed by atoms with Crippen molar-refractivity contribution in [2.24, 2.45) is 5.92 Å². The second-order valence-electron chi connectivity index (χ2n) is 9.44. The Hall–Kier alpha value is -3.74. The molecule has 4 N–H and O–H groups in total. The first kappa shape index (κ1) is 25.9. The van der Waals surface area contributed by atoms with E-state index in [1.165, 1.54) is 12.1 Å². The molecule has 0 unspecified atom stereocenters. The van der Waals surface area contributed by atoms with Crippen LogP contribution < -0.4 is 10.2 Å². The number of amides is 1. The standard InChI is InChI=1S/C30H28NO6P/c32-26(20-9-3-1-4-10-20)18-17-25-29(31(30(25)34)22-11-5-2-6-12-22)21-15-16-23(27(33)19-21)24-13-7-8-14-28(24)38(35,36)37/h1-16,19,25-26,29,32-33H,17-18H2,(H2,35,36,37)/t25-,26+,29-/m1/s1. The summed E-state index contributed by atoms with van der Waals surface area (Å²) in [7, 11) is -4.57. The maximum atomic E-state index is 13.3. The number of benzene rings is 4. The van der Waals surface area contributed by atoms with Crippen LogP contribution in [0.4, 0.5) is 5.69 Å². The van der Waals surface area contributed by atoms with Gasteiger partial charge in [-0.25, -0.2) is 0 Å². The summed E-state index contributed by atoms with van der Waals surface area (Å²) in [6.45, 7) is 0. The highest BCUT2D eigenvalue weighted by Gasteiger charge is 2.48. The van der Waals surface area contributed by atoms with Crippen LogP contribution in [0, 0.1) is 5.92 Å². The van der Waals surface area contributed by atoms with Gasteiger partial charge in [-0.1, -0.05) is 78.9 Å². The Morgan fingerprint density at radius 2 is 1.45 bits per heavy atom. The Morgan fingerprint density at radius 3 is 2.11 bits per heavy atom. The summed E-state index contributed by atoms with van der Waals surface area (Å²) in [6, 6.07) is 29.3. The van der Waals surface area contributed by atoms with E-state index < -0.39 is 19.6 Å². The van der Waals surface area contributed by atoms with Gasteiger partial charge in [0.1, 0.15) is 5.75 Å². The molecule has 4 aromatic carbocycles. The number of phenolic OH excluding ortho intramolecular Hbond substituents is 1. The number of aliphatic hydroxyl groups excluding tert-OH is 1. The first-order chi connectivity index (χ1) is 18.3. The molecule has 1 fully saturated rings. The van der Waals surface area contributed by atoms with Crippen LogP contribution in [-0.2, 0) is 9.36 Å². The van der Waals surface area contributed by atoms with Gasteiger partial charge in [0, 0.05) is 16.8 Å². The van der Waals surface area contributed by atoms with Crippen LogP contribution in [0.25, 0.3) is 11.1 Å². The van der Waals surface area contributed by atoms with Crippen LogP contribution in [0.15, 0.2) is 103 Å². The molecule has 1 amide bonds. The Morgan fingerprint density at radius 1 is 0.816 bits per heavy atom. The van der Waals surface area contributed by atoms with E-state index in [0.717, 1.165) is 11.3 Å². The fourth-order valence-corrected chi connectivity index (χ4v) is 5.97. The normalized spacial score (nSPS) is 18.2. The number of hydrogen-bond donors (Lipinski definition) is 4. The zero-order valence-corrected chi connectivity index (χ0v) is 21.4. The number of phenols is 1. The van der Waals surface area contributed by atoms with Gasteiger partial charge in [-0.2, -0.15) is 0 Å². The molecule has 194 valence electrons. The topological polar surface area (TPSA) is 118 Å². The lowest BCUT2D eigenvalue weighted by Crippen LogP contribution is -2.55. The zero-order chi connectivity index (χ0) is 26.9. The SMILES string of the molecule is O=C1[C@H](CC[C@H](O)c2ccccc2)[C@@H](c2ccc(-c3ccccc3P(=O)(O)O)c(O)c2)N1c1ccccc1. The molecule has 38 heavy (non-hydrogen) atoms. The molecule has 0 spiro atoms. The molecule has 3 atom stereocenters. The molecule has 0 radical (unpaired) electrons. The maximum absolute atomic E-state index is 13.3. The molecule has 0 aliphatic carbocycles. The van der Waals surface area contributed by atoms with E-state index in [1.54, 1.807) is 35.2 Å². The average molecular weight is 530 g/mol. The predicted octanol–water partition coefficient (Wildman–Crippen LogP) is 5.08. The minimum absolute atomic E-state index is 0.0585. The maximum Gasteiger partial charge on any atom is 0.356 e. The number of hydrogen-bond acceptors (Lipinski definition) is 4. The van der Waals surface area contributed by atoms with Crippen molar-refractivity contribution in [3.63, 3.8) is 0 Å². The summed E-state index contributed by atoms with van der Waals surface area (Å²) < 4.78 is 12.0. The fourth-order valence-electron chi connectivity index (χ4n) is 5.18. The molecule has 7 nitrogen and oxygen atoms in total. The quantitative estimate of drug-likeness (QED) is 0.187. The summed E-state index contributed by atoms with van der Waals surface area (Å²) in [4.78, 5) is 34.6. The van der Waals surface area contributed by atoms with Crippen LogP contribution >= 0.6 is 7.60 Å². The Labute approximate surface area is 220 Å². The number of β-lactam (4-membered cyclic amide) rings is 1. The first-order valence-corrected chi connectivity index (χ1v) is 14.0. The number of anilines is 1. The number of aromatic hydroxyl groups is 1. The van der Waals surface area contributed by atoms with Gasteiger partial charge in [-0.15, -0.1) is 0 Å². The van der Waals surface area contributed by atoms with Gasteiger partial charge in [0.25, 0.3) is 0 Å². The van der Waals surface area contributed by atoms with Crippen LogP contribution in [-0.4, -0.2) is 25.9 Å². The highest BCUT2D eigenvalue weighted by atomic mass is 31.2. The summed E-state index contributed by atoms with van der Waals surface area (Å²) in [5.41, 5.74) is 2.76. The van der Waals surface area contributed by atoms with E-state index in [4.69, 9.17) is 0 Å². The van der Waals surface area contributed by atoms with Gasteiger partial charge in [0.15, 0.2) is 0 Å². The minimum Gasteiger partial charge on any atom is -0.507 e. The second kappa shape index (κ2) is 10.6. The van der Waals surface area contributed by atoms with E-state index in [1.807, 2.05) is 60.7 Å². The van der Waals surface area contributed by atoms with Crippen LogP contribution in [0.1, 0.15) is 36.1 Å². The van der Waals surface area contributed by atoms with Crippen molar-refractivity contribution in [1.82, 2.24) is 0 Å². The number of para-hydroxylation sites is 1. The highest BCUT2D eigenvalue weighted by Crippen LogP contribution is 2.48. The summed E-state index contributed by atoms with van der Waals surface area (Å²) >= 11 is 0. The molecular formula is C30H28NO6P. The Balaban J connectivity index is 1.47. The lowest BCUT2D eigenvalue weighted by atomic mass is 9.78. The number of rotatable bonds is 8. The lowest BCUT2D eigenvalue weighted by molar-refractivity contribution is -0.131. The molecule has 5 rings (SSSR count). The van der Waals surface area contributed by atoms with E-state index in [0.29, 0.717) is 24.0 Å². The fraction of sp³-hybridized carbons (Fsp3) is 0.167. The summed E-state index contributed by atoms with van der Waals surface area (Å²) in [5.74, 6) is -0.600.